The van der Waals surface area contributed by atoms with Crippen molar-refractivity contribution in [1.82, 2.24) is 0 Å². The van der Waals surface area contributed by atoms with E-state index in [4.69, 9.17) is 0 Å². The molecule has 1 rings (SSSR count). The maximum absolute atomic E-state index is 2.71. The molecule has 0 radical (unpaired) electrons. The highest BCUT2D eigenvalue weighted by Crippen LogP contribution is 2.57. The van der Waals surface area contributed by atoms with Crippen LogP contribution >= 0.6 is 0 Å². The molecular weight excluding hydrogens is 212 g/mol. The highest BCUT2D eigenvalue weighted by atomic mass is 28.3. The number of hydrogen-bond acceptors (Lipinski definition) is 0. The largest absolute Gasteiger partial charge is 0.0992 e. The third-order valence-electron chi connectivity index (χ3n) is 3.34. The molecule has 1 saturated carbocycles. The molecule has 0 bridgehead atoms. The van der Waals surface area contributed by atoms with Crippen molar-refractivity contribution in [3.05, 3.63) is 10.9 Å². The van der Waals surface area contributed by atoms with E-state index in [0.717, 1.165) is 5.92 Å². The van der Waals surface area contributed by atoms with Crippen LogP contribution in [0.2, 0.25) is 39.3 Å². The molecule has 0 spiro atoms. The summed E-state index contributed by atoms with van der Waals surface area (Å²) in [6.07, 6.45) is 1.42. The van der Waals surface area contributed by atoms with Crippen molar-refractivity contribution in [2.75, 3.05) is 0 Å². The van der Waals surface area contributed by atoms with E-state index in [1.807, 2.05) is 5.20 Å². The molecule has 1 aliphatic carbocycles. The van der Waals surface area contributed by atoms with E-state index in [-0.39, 0.29) is 0 Å². The normalized spacial score (nSPS) is 26.7. The average molecular weight is 241 g/mol. The lowest BCUT2D eigenvalue weighted by Crippen LogP contribution is -2.30. The summed E-state index contributed by atoms with van der Waals surface area (Å²) in [5, 5.41) is 1.87. The third-order valence-corrected chi connectivity index (χ3v) is 7.03. The van der Waals surface area contributed by atoms with Crippen molar-refractivity contribution in [1.29, 1.82) is 0 Å². The number of allylic oxidation sites excluding steroid dienone is 1. The molecule has 15 heavy (non-hydrogen) atoms. The molecule has 1 fully saturated rings. The Morgan fingerprint density at radius 3 is 1.67 bits per heavy atom. The van der Waals surface area contributed by atoms with Crippen molar-refractivity contribution >= 4 is 16.1 Å². The Kier molecular flexibility index (Phi) is 3.17. The third kappa shape index (κ3) is 3.59. The summed E-state index contributed by atoms with van der Waals surface area (Å²) < 4.78 is 0. The summed E-state index contributed by atoms with van der Waals surface area (Å²) in [7, 11) is -2.13. The molecule has 1 unspecified atom stereocenters. The van der Waals surface area contributed by atoms with Crippen LogP contribution in [0.5, 0.6) is 0 Å². The zero-order valence-corrected chi connectivity index (χ0v) is 13.9. The fourth-order valence-corrected chi connectivity index (χ4v) is 8.01. The van der Waals surface area contributed by atoms with Gasteiger partial charge in [-0.2, -0.15) is 0 Å². The quantitative estimate of drug-likeness (QED) is 0.627. The van der Waals surface area contributed by atoms with Gasteiger partial charge in [0.05, 0.1) is 16.1 Å². The molecule has 0 amide bonds. The lowest BCUT2D eigenvalue weighted by atomic mass is 10.1. The Balaban J connectivity index is 2.97. The van der Waals surface area contributed by atoms with E-state index in [0.29, 0.717) is 5.41 Å². The van der Waals surface area contributed by atoms with E-state index < -0.39 is 16.1 Å². The minimum atomic E-state index is -1.09. The molecular formula is C13H28Si2. The molecule has 0 aliphatic heterocycles. The van der Waals surface area contributed by atoms with Crippen LogP contribution in [-0.4, -0.2) is 16.1 Å². The molecule has 0 aromatic rings. The Morgan fingerprint density at radius 2 is 1.47 bits per heavy atom. The summed E-state index contributed by atoms with van der Waals surface area (Å²) in [4.78, 5) is 0. The molecule has 0 aromatic carbocycles. The summed E-state index contributed by atoms with van der Waals surface area (Å²) in [5.74, 6) is 0.913. The van der Waals surface area contributed by atoms with Gasteiger partial charge in [0.15, 0.2) is 0 Å². The molecule has 0 saturated heterocycles. The van der Waals surface area contributed by atoms with Gasteiger partial charge in [0.1, 0.15) is 0 Å². The van der Waals surface area contributed by atoms with Crippen LogP contribution in [0.1, 0.15) is 20.3 Å². The van der Waals surface area contributed by atoms with Crippen molar-refractivity contribution in [3.63, 3.8) is 0 Å². The van der Waals surface area contributed by atoms with Crippen LogP contribution in [0.3, 0.4) is 0 Å². The molecule has 0 heterocycles. The van der Waals surface area contributed by atoms with Crippen LogP contribution in [0.25, 0.3) is 0 Å². The second-order valence-electron chi connectivity index (χ2n) is 7.96. The van der Waals surface area contributed by atoms with Gasteiger partial charge in [-0.3, -0.25) is 0 Å². The van der Waals surface area contributed by atoms with Gasteiger partial charge >= 0.3 is 0 Å². The van der Waals surface area contributed by atoms with Gasteiger partial charge in [0, 0.05) is 0 Å². The highest BCUT2D eigenvalue weighted by molar-refractivity contribution is 6.88. The minimum absolute atomic E-state index is 0.603. The lowest BCUT2D eigenvalue weighted by Gasteiger charge is -2.26. The summed E-state index contributed by atoms with van der Waals surface area (Å²) in [6.45, 7) is 19.8. The van der Waals surface area contributed by atoms with E-state index in [9.17, 15) is 0 Å². The van der Waals surface area contributed by atoms with E-state index in [1.54, 1.807) is 0 Å². The predicted octanol–water partition coefficient (Wildman–Crippen LogP) is 4.71. The van der Waals surface area contributed by atoms with Gasteiger partial charge in [-0.25, -0.2) is 0 Å². The first-order valence-electron chi connectivity index (χ1n) is 6.17. The van der Waals surface area contributed by atoms with Crippen LogP contribution in [0.15, 0.2) is 10.9 Å². The first-order valence-corrected chi connectivity index (χ1v) is 13.2. The number of rotatable bonds is 3. The van der Waals surface area contributed by atoms with Gasteiger partial charge in [-0.05, 0) is 17.8 Å². The SMILES string of the molecule is CC1(C)CC1C(=C[Si](C)(C)C)[Si](C)(C)C. The fraction of sp³-hybridized carbons (Fsp3) is 0.846. The van der Waals surface area contributed by atoms with Crippen LogP contribution < -0.4 is 0 Å². The maximum atomic E-state index is 2.71. The van der Waals surface area contributed by atoms with Crippen molar-refractivity contribution in [3.8, 4) is 0 Å². The summed E-state index contributed by atoms with van der Waals surface area (Å²) in [5.41, 5.74) is 3.31. The summed E-state index contributed by atoms with van der Waals surface area (Å²) >= 11 is 0. The Morgan fingerprint density at radius 1 is 1.07 bits per heavy atom. The summed E-state index contributed by atoms with van der Waals surface area (Å²) in [6, 6.07) is 0. The molecule has 1 atom stereocenters. The monoisotopic (exact) mass is 240 g/mol. The molecule has 2 heteroatoms. The van der Waals surface area contributed by atoms with Gasteiger partial charge in [-0.15, -0.1) is 0 Å². The van der Waals surface area contributed by atoms with Crippen molar-refractivity contribution in [2.24, 2.45) is 11.3 Å². The zero-order valence-electron chi connectivity index (χ0n) is 11.9. The Labute approximate surface area is 98.2 Å². The molecule has 1 aliphatic rings. The lowest BCUT2D eigenvalue weighted by molar-refractivity contribution is 0.604. The second-order valence-corrected chi connectivity index (χ2v) is 18.1. The zero-order chi connectivity index (χ0) is 12.1. The fourth-order valence-electron chi connectivity index (χ4n) is 2.30. The molecule has 88 valence electrons. The first-order chi connectivity index (χ1) is 6.43. The van der Waals surface area contributed by atoms with Crippen molar-refractivity contribution in [2.45, 2.75) is 59.6 Å². The maximum Gasteiger partial charge on any atom is 0.0719 e. The predicted molar refractivity (Wildman–Crippen MR) is 76.7 cm³/mol. The van der Waals surface area contributed by atoms with Crippen molar-refractivity contribution < 1.29 is 0 Å². The average Bonchev–Trinajstić information content (AvgIpc) is 2.50. The minimum Gasteiger partial charge on any atom is -0.0992 e. The van der Waals surface area contributed by atoms with Crippen LogP contribution in [0.4, 0.5) is 0 Å². The van der Waals surface area contributed by atoms with Gasteiger partial charge in [0.2, 0.25) is 0 Å². The molecule has 0 aromatic heterocycles. The standard InChI is InChI=1S/C13H28Si2/c1-13(2)9-11(13)12(15(6,7)8)10-14(3,4)5/h10-11H,9H2,1-8H3. The van der Waals surface area contributed by atoms with Crippen LogP contribution in [-0.2, 0) is 0 Å². The molecule has 0 N–H and O–H groups in total. The molecule has 0 nitrogen and oxygen atoms in total. The smallest absolute Gasteiger partial charge is 0.0719 e. The second kappa shape index (κ2) is 3.59. The topological polar surface area (TPSA) is 0 Å². The van der Waals surface area contributed by atoms with Gasteiger partial charge < -0.3 is 0 Å². The van der Waals surface area contributed by atoms with E-state index >= 15 is 0 Å². The van der Waals surface area contributed by atoms with E-state index in [2.05, 4.69) is 58.8 Å². The first kappa shape index (κ1) is 13.2. The Hall–Kier alpha value is 0.174. The Bertz CT molecular complexity index is 274. The highest BCUT2D eigenvalue weighted by Gasteiger charge is 2.50. The number of hydrogen-bond donors (Lipinski definition) is 0. The van der Waals surface area contributed by atoms with Gasteiger partial charge in [0.25, 0.3) is 0 Å². The van der Waals surface area contributed by atoms with Crippen LogP contribution in [0, 0.1) is 11.3 Å². The van der Waals surface area contributed by atoms with Gasteiger partial charge in [-0.1, -0.05) is 64.0 Å². The van der Waals surface area contributed by atoms with E-state index in [1.165, 1.54) is 6.42 Å².